The van der Waals surface area contributed by atoms with Crippen LogP contribution in [0.2, 0.25) is 0 Å². The van der Waals surface area contributed by atoms with E-state index in [1.165, 1.54) is 0 Å². The second-order valence-electron chi connectivity index (χ2n) is 2.99. The lowest BCUT2D eigenvalue weighted by Crippen LogP contribution is -1.88. The molecular weight excluding hydrogens is 198 g/mol. The van der Waals surface area contributed by atoms with Crippen molar-refractivity contribution in [2.24, 2.45) is 0 Å². The van der Waals surface area contributed by atoms with Gasteiger partial charge in [-0.2, -0.15) is 0 Å². The van der Waals surface area contributed by atoms with Gasteiger partial charge in [-0.1, -0.05) is 6.07 Å². The molecule has 72 valence electrons. The summed E-state index contributed by atoms with van der Waals surface area (Å²) in [5, 5.41) is 1.10. The van der Waals surface area contributed by atoms with Gasteiger partial charge < -0.3 is 4.74 Å². The van der Waals surface area contributed by atoms with Crippen LogP contribution < -0.4 is 4.74 Å². The number of aromatic nitrogens is 1. The molecule has 2 nitrogen and oxygen atoms in total. The second kappa shape index (κ2) is 3.84. The van der Waals surface area contributed by atoms with Gasteiger partial charge in [-0.25, -0.2) is 0 Å². The SMILES string of the molecule is COc1ccc2ccc(CCl)nc2c1. The third-order valence-electron chi connectivity index (χ3n) is 2.09. The fourth-order valence-electron chi connectivity index (χ4n) is 1.34. The first-order valence-electron chi connectivity index (χ1n) is 4.33. The van der Waals surface area contributed by atoms with Gasteiger partial charge in [0.25, 0.3) is 0 Å². The van der Waals surface area contributed by atoms with E-state index in [9.17, 15) is 0 Å². The third-order valence-corrected chi connectivity index (χ3v) is 2.37. The number of rotatable bonds is 2. The summed E-state index contributed by atoms with van der Waals surface area (Å²) < 4.78 is 5.12. The van der Waals surface area contributed by atoms with Crippen LogP contribution in [0, 0.1) is 0 Å². The first kappa shape index (κ1) is 9.28. The van der Waals surface area contributed by atoms with Crippen LogP contribution >= 0.6 is 11.6 Å². The molecule has 0 fully saturated rings. The van der Waals surface area contributed by atoms with Gasteiger partial charge in [-0.3, -0.25) is 4.98 Å². The Balaban J connectivity index is 2.60. The highest BCUT2D eigenvalue weighted by atomic mass is 35.5. The molecule has 0 N–H and O–H groups in total. The molecule has 0 unspecified atom stereocenters. The average molecular weight is 208 g/mol. The topological polar surface area (TPSA) is 22.1 Å². The van der Waals surface area contributed by atoms with Crippen molar-refractivity contribution in [3.8, 4) is 5.75 Å². The van der Waals surface area contributed by atoms with Gasteiger partial charge >= 0.3 is 0 Å². The van der Waals surface area contributed by atoms with Crippen LogP contribution in [0.5, 0.6) is 5.75 Å². The standard InChI is InChI=1S/C11H10ClNO/c1-14-10-5-3-8-2-4-9(7-12)13-11(8)6-10/h2-6H,7H2,1H3. The van der Waals surface area contributed by atoms with Crippen molar-refractivity contribution in [3.63, 3.8) is 0 Å². The predicted octanol–water partition coefficient (Wildman–Crippen LogP) is 2.98. The molecule has 3 heteroatoms. The van der Waals surface area contributed by atoms with Gasteiger partial charge in [0.15, 0.2) is 0 Å². The van der Waals surface area contributed by atoms with Crippen LogP contribution in [-0.4, -0.2) is 12.1 Å². The highest BCUT2D eigenvalue weighted by Crippen LogP contribution is 2.19. The van der Waals surface area contributed by atoms with Crippen LogP contribution in [0.4, 0.5) is 0 Å². The largest absolute Gasteiger partial charge is 0.497 e. The monoisotopic (exact) mass is 207 g/mol. The van der Waals surface area contributed by atoms with Gasteiger partial charge in [-0.05, 0) is 18.2 Å². The maximum absolute atomic E-state index is 5.71. The smallest absolute Gasteiger partial charge is 0.121 e. The zero-order valence-electron chi connectivity index (χ0n) is 7.83. The number of hydrogen-bond donors (Lipinski definition) is 0. The van der Waals surface area contributed by atoms with Crippen LogP contribution in [0.15, 0.2) is 30.3 Å². The Labute approximate surface area is 87.5 Å². The quantitative estimate of drug-likeness (QED) is 0.707. The van der Waals surface area contributed by atoms with E-state index >= 15 is 0 Å². The van der Waals surface area contributed by atoms with Crippen molar-refractivity contribution in [1.82, 2.24) is 4.98 Å². The Morgan fingerprint density at radius 3 is 2.79 bits per heavy atom. The Morgan fingerprint density at radius 2 is 2.07 bits per heavy atom. The lowest BCUT2D eigenvalue weighted by atomic mass is 10.2. The highest BCUT2D eigenvalue weighted by molar-refractivity contribution is 6.16. The van der Waals surface area contributed by atoms with E-state index < -0.39 is 0 Å². The molecule has 0 amide bonds. The highest BCUT2D eigenvalue weighted by Gasteiger charge is 1.99. The molecule has 2 aromatic rings. The van der Waals surface area contributed by atoms with Crippen molar-refractivity contribution in [1.29, 1.82) is 0 Å². The second-order valence-corrected chi connectivity index (χ2v) is 3.26. The van der Waals surface area contributed by atoms with Crippen molar-refractivity contribution in [3.05, 3.63) is 36.0 Å². The average Bonchev–Trinajstić information content (AvgIpc) is 2.27. The molecule has 0 atom stereocenters. The van der Waals surface area contributed by atoms with E-state index in [2.05, 4.69) is 4.98 Å². The number of ether oxygens (including phenoxy) is 1. The minimum Gasteiger partial charge on any atom is -0.497 e. The van der Waals surface area contributed by atoms with Crippen LogP contribution in [0.1, 0.15) is 5.69 Å². The summed E-state index contributed by atoms with van der Waals surface area (Å²) in [6, 6.07) is 9.76. The number of fused-ring (bicyclic) bond motifs is 1. The summed E-state index contributed by atoms with van der Waals surface area (Å²) in [5.41, 5.74) is 1.80. The van der Waals surface area contributed by atoms with E-state index in [0.717, 1.165) is 22.3 Å². The van der Waals surface area contributed by atoms with Crippen molar-refractivity contribution < 1.29 is 4.74 Å². The number of alkyl halides is 1. The minimum absolute atomic E-state index is 0.438. The molecule has 0 aliphatic carbocycles. The Bertz CT molecular complexity index is 417. The number of hydrogen-bond acceptors (Lipinski definition) is 2. The van der Waals surface area contributed by atoms with Gasteiger partial charge in [0.2, 0.25) is 0 Å². The van der Waals surface area contributed by atoms with Gasteiger partial charge in [0.1, 0.15) is 5.75 Å². The maximum Gasteiger partial charge on any atom is 0.121 e. The van der Waals surface area contributed by atoms with Gasteiger partial charge in [-0.15, -0.1) is 11.6 Å². The van der Waals surface area contributed by atoms with E-state index in [1.54, 1.807) is 7.11 Å². The lowest BCUT2D eigenvalue weighted by Gasteiger charge is -2.02. The molecule has 0 spiro atoms. The summed E-state index contributed by atoms with van der Waals surface area (Å²) in [7, 11) is 1.65. The van der Waals surface area contributed by atoms with E-state index in [0.29, 0.717) is 5.88 Å². The van der Waals surface area contributed by atoms with E-state index in [1.807, 2.05) is 30.3 Å². The first-order valence-corrected chi connectivity index (χ1v) is 4.86. The maximum atomic E-state index is 5.71. The van der Waals surface area contributed by atoms with Crippen LogP contribution in [0.25, 0.3) is 10.9 Å². The fourth-order valence-corrected chi connectivity index (χ4v) is 1.49. The Kier molecular flexibility index (Phi) is 2.55. The molecule has 1 aromatic carbocycles. The molecule has 1 heterocycles. The van der Waals surface area contributed by atoms with Gasteiger partial charge in [0, 0.05) is 11.5 Å². The number of pyridine rings is 1. The number of nitrogens with zero attached hydrogens (tertiary/aromatic N) is 1. The fraction of sp³-hybridized carbons (Fsp3) is 0.182. The normalized spacial score (nSPS) is 10.4. The minimum atomic E-state index is 0.438. The molecular formula is C11H10ClNO. The molecule has 14 heavy (non-hydrogen) atoms. The summed E-state index contributed by atoms with van der Waals surface area (Å²) in [6.07, 6.45) is 0. The van der Waals surface area contributed by atoms with Crippen molar-refractivity contribution in [2.75, 3.05) is 7.11 Å². The van der Waals surface area contributed by atoms with Crippen LogP contribution in [0.3, 0.4) is 0 Å². The van der Waals surface area contributed by atoms with Gasteiger partial charge in [0.05, 0.1) is 24.2 Å². The molecule has 0 saturated heterocycles. The Hall–Kier alpha value is -1.28. The Morgan fingerprint density at radius 1 is 1.29 bits per heavy atom. The molecule has 2 rings (SSSR count). The summed E-state index contributed by atoms with van der Waals surface area (Å²) in [5.74, 6) is 1.25. The number of benzene rings is 1. The number of halogens is 1. The molecule has 0 aliphatic rings. The summed E-state index contributed by atoms with van der Waals surface area (Å²) in [4.78, 5) is 4.39. The predicted molar refractivity (Wildman–Crippen MR) is 57.9 cm³/mol. The van der Waals surface area contributed by atoms with E-state index in [-0.39, 0.29) is 0 Å². The molecule has 1 aromatic heterocycles. The number of methoxy groups -OCH3 is 1. The lowest BCUT2D eigenvalue weighted by molar-refractivity contribution is 0.415. The molecule has 0 aliphatic heterocycles. The summed E-state index contributed by atoms with van der Waals surface area (Å²) in [6.45, 7) is 0. The molecule has 0 bridgehead atoms. The van der Waals surface area contributed by atoms with Crippen LogP contribution in [-0.2, 0) is 5.88 Å². The van der Waals surface area contributed by atoms with Crippen molar-refractivity contribution >= 4 is 22.5 Å². The first-order chi connectivity index (χ1) is 6.83. The van der Waals surface area contributed by atoms with Crippen molar-refractivity contribution in [2.45, 2.75) is 5.88 Å². The zero-order valence-corrected chi connectivity index (χ0v) is 8.58. The van der Waals surface area contributed by atoms with E-state index in [4.69, 9.17) is 16.3 Å². The molecule has 0 saturated carbocycles. The summed E-state index contributed by atoms with van der Waals surface area (Å²) >= 11 is 5.71. The molecule has 0 radical (unpaired) electrons. The zero-order chi connectivity index (χ0) is 9.97. The third kappa shape index (κ3) is 1.66.